The monoisotopic (exact) mass is 583 g/mol. The SMILES string of the molecule is CCC(C)NC(=O)C(C)N(Cc1cccc(Cl)c1)C(=O)CN(c1cc(C)cc(C)c1)S(=O)(=O)c1ccc(C)cc1. The Morgan fingerprint density at radius 1 is 0.900 bits per heavy atom. The Bertz CT molecular complexity index is 1440. The van der Waals surface area contributed by atoms with Gasteiger partial charge < -0.3 is 10.2 Å². The van der Waals surface area contributed by atoms with Crippen LogP contribution in [0.5, 0.6) is 0 Å². The Kier molecular flexibility index (Phi) is 10.4. The van der Waals surface area contributed by atoms with Crippen molar-refractivity contribution in [3.63, 3.8) is 0 Å². The van der Waals surface area contributed by atoms with Gasteiger partial charge in [0.25, 0.3) is 10.0 Å². The highest BCUT2D eigenvalue weighted by Gasteiger charge is 2.33. The van der Waals surface area contributed by atoms with Crippen LogP contribution in [0.25, 0.3) is 0 Å². The second-order valence-corrected chi connectivity index (χ2v) is 12.6. The number of hydrogen-bond acceptors (Lipinski definition) is 4. The average Bonchev–Trinajstić information content (AvgIpc) is 2.89. The summed E-state index contributed by atoms with van der Waals surface area (Å²) in [5.41, 5.74) is 3.75. The summed E-state index contributed by atoms with van der Waals surface area (Å²) < 4.78 is 29.1. The van der Waals surface area contributed by atoms with E-state index >= 15 is 0 Å². The fraction of sp³-hybridized carbons (Fsp3) is 0.355. The van der Waals surface area contributed by atoms with E-state index in [2.05, 4.69) is 5.32 Å². The summed E-state index contributed by atoms with van der Waals surface area (Å²) in [5, 5.41) is 3.43. The van der Waals surface area contributed by atoms with Crippen molar-refractivity contribution >= 4 is 39.1 Å². The molecule has 3 aromatic carbocycles. The van der Waals surface area contributed by atoms with Crippen LogP contribution < -0.4 is 9.62 Å². The molecule has 0 aromatic heterocycles. The largest absolute Gasteiger partial charge is 0.352 e. The average molecular weight is 584 g/mol. The minimum Gasteiger partial charge on any atom is -0.352 e. The fourth-order valence-electron chi connectivity index (χ4n) is 4.34. The van der Waals surface area contributed by atoms with Gasteiger partial charge in [-0.25, -0.2) is 8.42 Å². The third-order valence-electron chi connectivity index (χ3n) is 6.79. The molecule has 3 rings (SSSR count). The van der Waals surface area contributed by atoms with E-state index in [0.717, 1.165) is 33.0 Å². The van der Waals surface area contributed by atoms with Crippen LogP contribution in [0.2, 0.25) is 5.02 Å². The quantitative estimate of drug-likeness (QED) is 0.309. The molecule has 2 amide bonds. The normalized spacial score (nSPS) is 12.9. The fourth-order valence-corrected chi connectivity index (χ4v) is 5.95. The molecule has 7 nitrogen and oxygen atoms in total. The lowest BCUT2D eigenvalue weighted by Gasteiger charge is -2.32. The van der Waals surface area contributed by atoms with Crippen molar-refractivity contribution < 1.29 is 18.0 Å². The van der Waals surface area contributed by atoms with Gasteiger partial charge in [0.05, 0.1) is 10.6 Å². The van der Waals surface area contributed by atoms with Crippen molar-refractivity contribution in [3.05, 3.63) is 94.0 Å². The second-order valence-electron chi connectivity index (χ2n) is 10.3. The molecule has 0 aliphatic rings. The van der Waals surface area contributed by atoms with Crippen LogP contribution in [-0.4, -0.2) is 43.8 Å². The van der Waals surface area contributed by atoms with Gasteiger partial charge in [-0.05, 0) is 94.1 Å². The van der Waals surface area contributed by atoms with Gasteiger partial charge in [-0.3, -0.25) is 13.9 Å². The highest BCUT2D eigenvalue weighted by molar-refractivity contribution is 7.92. The predicted molar refractivity (Wildman–Crippen MR) is 161 cm³/mol. The topological polar surface area (TPSA) is 86.8 Å². The molecule has 9 heteroatoms. The van der Waals surface area contributed by atoms with Crippen LogP contribution in [0, 0.1) is 20.8 Å². The Labute approximate surface area is 243 Å². The third kappa shape index (κ3) is 7.86. The molecule has 0 aliphatic carbocycles. The Morgan fingerprint density at radius 3 is 2.10 bits per heavy atom. The van der Waals surface area contributed by atoms with Crippen LogP contribution in [0.1, 0.15) is 49.4 Å². The van der Waals surface area contributed by atoms with Gasteiger partial charge in [-0.2, -0.15) is 0 Å². The van der Waals surface area contributed by atoms with Crippen LogP contribution in [0.4, 0.5) is 5.69 Å². The van der Waals surface area contributed by atoms with E-state index in [-0.39, 0.29) is 23.4 Å². The molecular weight excluding hydrogens is 546 g/mol. The first-order valence-corrected chi connectivity index (χ1v) is 15.2. The molecule has 0 spiro atoms. The molecule has 0 radical (unpaired) electrons. The van der Waals surface area contributed by atoms with Gasteiger partial charge in [-0.15, -0.1) is 0 Å². The number of amides is 2. The van der Waals surface area contributed by atoms with E-state index in [1.165, 1.54) is 17.0 Å². The Balaban J connectivity index is 2.06. The van der Waals surface area contributed by atoms with Gasteiger partial charge in [0, 0.05) is 17.6 Å². The van der Waals surface area contributed by atoms with Crippen molar-refractivity contribution in [3.8, 4) is 0 Å². The summed E-state index contributed by atoms with van der Waals surface area (Å²) in [5.74, 6) is -0.828. The summed E-state index contributed by atoms with van der Waals surface area (Å²) in [4.78, 5) is 28.7. The van der Waals surface area contributed by atoms with Crippen molar-refractivity contribution in [2.45, 2.75) is 71.5 Å². The lowest BCUT2D eigenvalue weighted by molar-refractivity contribution is -0.139. The number of carbonyl (C=O) groups excluding carboxylic acids is 2. The standard InChI is InChI=1S/C31H38ClN3O4S/c1-7-24(5)33-31(37)25(6)34(19-26-9-8-10-27(32)18-26)30(36)20-35(28-16-22(3)15-23(4)17-28)40(38,39)29-13-11-21(2)12-14-29/h8-18,24-25H,7,19-20H2,1-6H3,(H,33,37). The first-order chi connectivity index (χ1) is 18.8. The number of hydrogen-bond donors (Lipinski definition) is 1. The van der Waals surface area contributed by atoms with Crippen molar-refractivity contribution in [2.24, 2.45) is 0 Å². The first kappa shape index (κ1) is 31.2. The number of benzene rings is 3. The smallest absolute Gasteiger partial charge is 0.264 e. The second kappa shape index (κ2) is 13.3. The van der Waals surface area contributed by atoms with Gasteiger partial charge in [0.1, 0.15) is 12.6 Å². The zero-order valence-electron chi connectivity index (χ0n) is 23.9. The minimum atomic E-state index is -4.12. The molecule has 0 fully saturated rings. The maximum absolute atomic E-state index is 14.0. The lowest BCUT2D eigenvalue weighted by Crippen LogP contribution is -2.52. The third-order valence-corrected chi connectivity index (χ3v) is 8.82. The Hall–Kier alpha value is -3.36. The summed E-state index contributed by atoms with van der Waals surface area (Å²) in [6, 6.07) is 18.1. The molecule has 3 aromatic rings. The molecule has 2 unspecified atom stereocenters. The molecule has 0 aliphatic heterocycles. The number of nitrogens with zero attached hydrogens (tertiary/aromatic N) is 2. The zero-order chi connectivity index (χ0) is 29.6. The minimum absolute atomic E-state index is 0.0771. The van der Waals surface area contributed by atoms with Crippen molar-refractivity contribution in [1.82, 2.24) is 10.2 Å². The number of rotatable bonds is 11. The van der Waals surface area contributed by atoms with E-state index in [0.29, 0.717) is 10.7 Å². The van der Waals surface area contributed by atoms with Crippen molar-refractivity contribution in [1.29, 1.82) is 0 Å². The summed E-state index contributed by atoms with van der Waals surface area (Å²) >= 11 is 6.20. The highest BCUT2D eigenvalue weighted by Crippen LogP contribution is 2.27. The maximum atomic E-state index is 14.0. The highest BCUT2D eigenvalue weighted by atomic mass is 35.5. The van der Waals surface area contributed by atoms with E-state index in [9.17, 15) is 18.0 Å². The Morgan fingerprint density at radius 2 is 1.52 bits per heavy atom. The summed E-state index contributed by atoms with van der Waals surface area (Å²) in [6.07, 6.45) is 0.732. The number of carbonyl (C=O) groups is 2. The summed E-state index contributed by atoms with van der Waals surface area (Å²) in [6.45, 7) is 10.7. The number of anilines is 1. The van der Waals surface area contributed by atoms with Gasteiger partial charge >= 0.3 is 0 Å². The molecule has 0 heterocycles. The van der Waals surface area contributed by atoms with Crippen LogP contribution in [0.15, 0.2) is 71.6 Å². The number of aryl methyl sites for hydroxylation is 3. The number of sulfonamides is 1. The zero-order valence-corrected chi connectivity index (χ0v) is 25.5. The lowest BCUT2D eigenvalue weighted by atomic mass is 10.1. The van der Waals surface area contributed by atoms with E-state index in [1.807, 2.05) is 46.8 Å². The van der Waals surface area contributed by atoms with E-state index in [4.69, 9.17) is 11.6 Å². The number of nitrogens with one attached hydrogen (secondary N) is 1. The molecule has 40 heavy (non-hydrogen) atoms. The summed E-state index contributed by atoms with van der Waals surface area (Å²) in [7, 11) is -4.12. The van der Waals surface area contributed by atoms with E-state index in [1.54, 1.807) is 49.4 Å². The molecule has 214 valence electrons. The molecule has 0 saturated carbocycles. The molecular formula is C31H38ClN3O4S. The molecule has 0 saturated heterocycles. The van der Waals surface area contributed by atoms with Crippen LogP contribution >= 0.6 is 11.6 Å². The molecule has 2 atom stereocenters. The number of halogens is 1. The van der Waals surface area contributed by atoms with Crippen LogP contribution in [0.3, 0.4) is 0 Å². The molecule has 1 N–H and O–H groups in total. The van der Waals surface area contributed by atoms with Crippen molar-refractivity contribution in [2.75, 3.05) is 10.8 Å². The van der Waals surface area contributed by atoms with E-state index < -0.39 is 28.5 Å². The molecule has 0 bridgehead atoms. The van der Waals surface area contributed by atoms with Gasteiger partial charge in [0.2, 0.25) is 11.8 Å². The maximum Gasteiger partial charge on any atom is 0.264 e. The van der Waals surface area contributed by atoms with Gasteiger partial charge in [0.15, 0.2) is 0 Å². The van der Waals surface area contributed by atoms with Crippen LogP contribution in [-0.2, 0) is 26.2 Å². The van der Waals surface area contributed by atoms with Gasteiger partial charge in [-0.1, -0.05) is 54.4 Å². The predicted octanol–water partition coefficient (Wildman–Crippen LogP) is 5.79. The first-order valence-electron chi connectivity index (χ1n) is 13.3.